The first-order chi connectivity index (χ1) is 18.0. The molecule has 4 aromatic rings. The molecule has 0 spiro atoms. The van der Waals surface area contributed by atoms with E-state index in [0.717, 1.165) is 53.6 Å². The lowest BCUT2D eigenvalue weighted by Gasteiger charge is -2.44. The molecule has 3 heterocycles. The molecule has 0 bridgehead atoms. The first kappa shape index (κ1) is 23.4. The van der Waals surface area contributed by atoms with Gasteiger partial charge in [0.2, 0.25) is 5.91 Å². The lowest BCUT2D eigenvalue weighted by Crippen LogP contribution is -2.64. The third-order valence-corrected chi connectivity index (χ3v) is 8.00. The first-order valence-corrected chi connectivity index (χ1v) is 13.0. The second-order valence-electron chi connectivity index (χ2n) is 10.4. The number of hydrogen-bond acceptors (Lipinski definition) is 3. The van der Waals surface area contributed by atoms with Crippen molar-refractivity contribution < 1.29 is 14.3 Å². The van der Waals surface area contributed by atoms with Gasteiger partial charge in [-0.2, -0.15) is 0 Å². The van der Waals surface area contributed by atoms with Crippen LogP contribution in [0.1, 0.15) is 48.7 Å². The molecule has 7 nitrogen and oxygen atoms in total. The lowest BCUT2D eigenvalue weighted by atomic mass is 9.93. The topological polar surface area (TPSA) is 68.5 Å². The fourth-order valence-electron chi connectivity index (χ4n) is 5.92. The van der Waals surface area contributed by atoms with Crippen LogP contribution >= 0.6 is 0 Å². The van der Waals surface area contributed by atoms with E-state index in [-0.39, 0.29) is 17.9 Å². The Labute approximate surface area is 216 Å². The molecule has 1 aliphatic heterocycles. The third-order valence-electron chi connectivity index (χ3n) is 8.00. The number of nitrogens with zero attached hydrogens (tertiary/aromatic N) is 3. The second kappa shape index (κ2) is 9.14. The van der Waals surface area contributed by atoms with Crippen LogP contribution in [0, 0.1) is 0 Å². The fraction of sp³-hybridized carbons (Fsp3) is 0.333. The van der Waals surface area contributed by atoms with Gasteiger partial charge in [-0.3, -0.25) is 9.59 Å². The summed E-state index contributed by atoms with van der Waals surface area (Å²) in [4.78, 5) is 30.2. The summed E-state index contributed by atoms with van der Waals surface area (Å²) in [5.74, 6) is 0.517. The molecule has 2 aromatic carbocycles. The van der Waals surface area contributed by atoms with E-state index >= 15 is 0 Å². The highest BCUT2D eigenvalue weighted by Crippen LogP contribution is 2.38. The van der Waals surface area contributed by atoms with Crippen LogP contribution in [0.3, 0.4) is 0 Å². The van der Waals surface area contributed by atoms with E-state index in [9.17, 15) is 9.59 Å². The molecular formula is C30H32N4O3. The number of ether oxygens (including phenoxy) is 1. The number of aromatic nitrogens is 2. The van der Waals surface area contributed by atoms with Gasteiger partial charge in [-0.15, -0.1) is 0 Å². The van der Waals surface area contributed by atoms with Crippen molar-refractivity contribution in [3.8, 4) is 11.4 Å². The van der Waals surface area contributed by atoms with Gasteiger partial charge in [0, 0.05) is 30.4 Å². The number of amides is 2. The number of nitrogens with one attached hydrogen (secondary N) is 1. The van der Waals surface area contributed by atoms with E-state index in [2.05, 4.69) is 5.32 Å². The average molecular weight is 497 g/mol. The zero-order valence-corrected chi connectivity index (χ0v) is 21.3. The number of benzene rings is 2. The van der Waals surface area contributed by atoms with Crippen LogP contribution in [0.25, 0.3) is 16.6 Å². The van der Waals surface area contributed by atoms with Crippen molar-refractivity contribution in [3.05, 3.63) is 84.3 Å². The Kier molecular flexibility index (Phi) is 5.78. The minimum Gasteiger partial charge on any atom is -0.497 e. The summed E-state index contributed by atoms with van der Waals surface area (Å²) in [6.45, 7) is 2.61. The molecule has 0 radical (unpaired) electrons. The molecular weight excluding hydrogens is 464 g/mol. The highest BCUT2D eigenvalue weighted by atomic mass is 16.5. The predicted molar refractivity (Wildman–Crippen MR) is 143 cm³/mol. The number of carbonyl (C=O) groups excluding carboxylic acids is 2. The number of fused-ring (bicyclic) bond motifs is 3. The highest BCUT2D eigenvalue weighted by molar-refractivity contribution is 6.08. The smallest absolute Gasteiger partial charge is 0.273 e. The largest absolute Gasteiger partial charge is 0.497 e. The van der Waals surface area contributed by atoms with Gasteiger partial charge in [0.25, 0.3) is 5.91 Å². The highest BCUT2D eigenvalue weighted by Gasteiger charge is 2.49. The van der Waals surface area contributed by atoms with E-state index in [1.165, 1.54) is 0 Å². The summed E-state index contributed by atoms with van der Waals surface area (Å²) in [5, 5.41) is 4.28. The van der Waals surface area contributed by atoms with Gasteiger partial charge in [-0.25, -0.2) is 0 Å². The Hall–Kier alpha value is -4.00. The molecule has 2 aliphatic rings. The summed E-state index contributed by atoms with van der Waals surface area (Å²) in [6.07, 6.45) is 8.16. The molecule has 0 unspecified atom stereocenters. The zero-order chi connectivity index (χ0) is 25.6. The van der Waals surface area contributed by atoms with Crippen molar-refractivity contribution in [2.75, 3.05) is 7.11 Å². The Morgan fingerprint density at radius 3 is 2.43 bits per heavy atom. The van der Waals surface area contributed by atoms with Crippen LogP contribution in [-0.2, 0) is 17.9 Å². The van der Waals surface area contributed by atoms with Crippen LogP contribution in [0.15, 0.2) is 73.1 Å². The van der Waals surface area contributed by atoms with E-state index < -0.39 is 5.54 Å². The molecule has 1 fully saturated rings. The Balaban J connectivity index is 1.49. The van der Waals surface area contributed by atoms with Crippen molar-refractivity contribution in [3.63, 3.8) is 0 Å². The van der Waals surface area contributed by atoms with E-state index in [0.29, 0.717) is 18.8 Å². The van der Waals surface area contributed by atoms with Crippen molar-refractivity contribution in [2.45, 2.75) is 57.3 Å². The molecule has 1 N–H and O–H groups in total. The summed E-state index contributed by atoms with van der Waals surface area (Å²) in [6, 6.07) is 19.8. The molecule has 7 heteroatoms. The molecule has 2 amide bonds. The molecule has 190 valence electrons. The van der Waals surface area contributed by atoms with Crippen molar-refractivity contribution in [2.24, 2.45) is 0 Å². The minimum atomic E-state index is -1.05. The standard InChI is InChI=1S/C30H32N4O3/c1-30(29(36)31-22-9-3-4-10-22)20-33-25-12-6-5-11-24(25)26(32-17-7-8-18-32)27(33)28(35)34(30)19-21-13-15-23(37-2)16-14-21/h5-8,11-18,22H,3-4,9-10,19-20H2,1-2H3,(H,31,36)/t30-/m1/s1. The van der Waals surface area contributed by atoms with Gasteiger partial charge >= 0.3 is 0 Å². The summed E-state index contributed by atoms with van der Waals surface area (Å²) >= 11 is 0. The quantitative estimate of drug-likeness (QED) is 0.412. The van der Waals surface area contributed by atoms with Crippen LogP contribution in [0.2, 0.25) is 0 Å². The van der Waals surface area contributed by atoms with Crippen molar-refractivity contribution >= 4 is 22.7 Å². The monoisotopic (exact) mass is 496 g/mol. The van der Waals surface area contributed by atoms with Crippen LogP contribution in [-0.4, -0.2) is 44.5 Å². The van der Waals surface area contributed by atoms with Gasteiger partial charge in [0.15, 0.2) is 0 Å². The minimum absolute atomic E-state index is 0.0905. The molecule has 0 saturated heterocycles. The molecule has 2 aromatic heterocycles. The van der Waals surface area contributed by atoms with Crippen molar-refractivity contribution in [1.29, 1.82) is 0 Å². The number of methoxy groups -OCH3 is 1. The number of rotatable bonds is 6. The SMILES string of the molecule is COc1ccc(CN2C(=O)c3c(-n4cccc4)c4ccccc4n3C[C@]2(C)C(=O)NC2CCCC2)cc1. The number of para-hydroxylation sites is 1. The summed E-state index contributed by atoms with van der Waals surface area (Å²) < 4.78 is 9.37. The Morgan fingerprint density at radius 1 is 1.03 bits per heavy atom. The Morgan fingerprint density at radius 2 is 1.73 bits per heavy atom. The molecule has 1 saturated carbocycles. The van der Waals surface area contributed by atoms with Crippen molar-refractivity contribution in [1.82, 2.24) is 19.4 Å². The van der Waals surface area contributed by atoms with E-state index in [4.69, 9.17) is 4.74 Å². The predicted octanol–water partition coefficient (Wildman–Crippen LogP) is 4.91. The van der Waals surface area contributed by atoms with Gasteiger partial charge < -0.3 is 24.1 Å². The maximum Gasteiger partial charge on any atom is 0.273 e. The number of hydrogen-bond donors (Lipinski definition) is 1. The first-order valence-electron chi connectivity index (χ1n) is 13.0. The molecule has 1 aliphatic carbocycles. The number of carbonyl (C=O) groups is 2. The van der Waals surface area contributed by atoms with E-state index in [1.54, 1.807) is 12.0 Å². The second-order valence-corrected chi connectivity index (χ2v) is 10.4. The Bertz CT molecular complexity index is 1450. The molecule has 37 heavy (non-hydrogen) atoms. The maximum atomic E-state index is 14.5. The fourth-order valence-corrected chi connectivity index (χ4v) is 5.92. The lowest BCUT2D eigenvalue weighted by molar-refractivity contribution is -0.133. The normalized spacial score (nSPS) is 19.8. The maximum absolute atomic E-state index is 14.5. The summed E-state index contributed by atoms with van der Waals surface area (Å²) in [5.41, 5.74) is 2.31. The van der Waals surface area contributed by atoms with Gasteiger partial charge in [-0.05, 0) is 55.7 Å². The molecule has 1 atom stereocenters. The van der Waals surface area contributed by atoms with Crippen LogP contribution in [0.4, 0.5) is 0 Å². The van der Waals surface area contributed by atoms with Crippen LogP contribution < -0.4 is 10.1 Å². The van der Waals surface area contributed by atoms with Gasteiger partial charge in [-0.1, -0.05) is 43.2 Å². The average Bonchev–Trinajstić information content (AvgIpc) is 3.68. The molecule has 6 rings (SSSR count). The van der Waals surface area contributed by atoms with Crippen LogP contribution in [0.5, 0.6) is 5.75 Å². The third kappa shape index (κ3) is 3.89. The van der Waals surface area contributed by atoms with E-state index in [1.807, 2.05) is 89.1 Å². The zero-order valence-electron chi connectivity index (χ0n) is 21.3. The van der Waals surface area contributed by atoms with Gasteiger partial charge in [0.1, 0.15) is 17.0 Å². The summed E-state index contributed by atoms with van der Waals surface area (Å²) in [7, 11) is 1.63. The van der Waals surface area contributed by atoms with Gasteiger partial charge in [0.05, 0.1) is 24.9 Å².